The monoisotopic (exact) mass is 414 g/mol. The van der Waals surface area contributed by atoms with E-state index in [1.807, 2.05) is 6.07 Å². The topological polar surface area (TPSA) is 115 Å². The van der Waals surface area contributed by atoms with Gasteiger partial charge in [-0.2, -0.15) is 4.31 Å². The fourth-order valence-corrected chi connectivity index (χ4v) is 4.57. The summed E-state index contributed by atoms with van der Waals surface area (Å²) in [5.74, 6) is 0.0121. The van der Waals surface area contributed by atoms with Crippen LogP contribution in [0.3, 0.4) is 0 Å². The van der Waals surface area contributed by atoms with Crippen LogP contribution < -0.4 is 10.1 Å². The molecule has 1 N–H and O–H groups in total. The molecular formula is C16H19ClN4O5S. The van der Waals surface area contributed by atoms with Gasteiger partial charge in [-0.05, 0) is 23.8 Å². The van der Waals surface area contributed by atoms with Gasteiger partial charge in [0.25, 0.3) is 0 Å². The first kappa shape index (κ1) is 21.0. The number of hydrogen-bond donors (Lipinski definition) is 1. The van der Waals surface area contributed by atoms with Crippen molar-refractivity contribution in [1.82, 2.24) is 14.6 Å². The number of aromatic nitrogens is 1. The number of piperazine rings is 1. The van der Waals surface area contributed by atoms with Crippen LogP contribution in [0.1, 0.15) is 11.6 Å². The minimum Gasteiger partial charge on any atom is -0.490 e. The number of nitrogens with zero attached hydrogens (tertiary/aromatic N) is 3. The summed E-state index contributed by atoms with van der Waals surface area (Å²) in [5.41, 5.74) is 0.368. The third kappa shape index (κ3) is 4.19. The number of nitro benzene ring substituents is 1. The molecular weight excluding hydrogens is 396 g/mol. The molecule has 0 aliphatic carbocycles. The number of pyridine rings is 1. The second kappa shape index (κ2) is 8.61. The number of hydrogen-bond acceptors (Lipinski definition) is 7. The molecule has 0 radical (unpaired) electrons. The molecule has 1 aromatic carbocycles. The van der Waals surface area contributed by atoms with Crippen molar-refractivity contribution in [2.45, 2.75) is 10.9 Å². The van der Waals surface area contributed by atoms with Crippen LogP contribution in [0.4, 0.5) is 5.69 Å². The molecule has 1 aliphatic heterocycles. The minimum atomic E-state index is -3.93. The Balaban J connectivity index is 0.00000261. The van der Waals surface area contributed by atoms with E-state index < -0.39 is 21.0 Å². The van der Waals surface area contributed by atoms with Crippen molar-refractivity contribution in [1.29, 1.82) is 0 Å². The van der Waals surface area contributed by atoms with E-state index >= 15 is 0 Å². The summed E-state index contributed by atoms with van der Waals surface area (Å²) in [6.45, 7) is 1.18. The van der Waals surface area contributed by atoms with E-state index in [4.69, 9.17) is 4.74 Å². The Morgan fingerprint density at radius 2 is 2.15 bits per heavy atom. The van der Waals surface area contributed by atoms with Crippen LogP contribution in [0.15, 0.2) is 47.6 Å². The Bertz CT molecular complexity index is 910. The van der Waals surface area contributed by atoms with Crippen LogP contribution in [0.2, 0.25) is 0 Å². The SMILES string of the molecule is COc1ccc(S(=O)(=O)N2CCNCC2c2cccnc2)cc1[N+](=O)[O-].Cl. The Morgan fingerprint density at radius 3 is 2.78 bits per heavy atom. The lowest BCUT2D eigenvalue weighted by atomic mass is 10.1. The van der Waals surface area contributed by atoms with Gasteiger partial charge in [0.15, 0.2) is 5.75 Å². The first-order chi connectivity index (χ1) is 12.4. The van der Waals surface area contributed by atoms with Crippen LogP contribution in [-0.2, 0) is 10.0 Å². The molecule has 1 aliphatic rings. The third-order valence-electron chi connectivity index (χ3n) is 4.22. The van der Waals surface area contributed by atoms with Gasteiger partial charge in [-0.25, -0.2) is 8.42 Å². The van der Waals surface area contributed by atoms with Crippen LogP contribution in [0, 0.1) is 10.1 Å². The zero-order valence-electron chi connectivity index (χ0n) is 14.4. The summed E-state index contributed by atoms with van der Waals surface area (Å²) in [6, 6.07) is 6.77. The van der Waals surface area contributed by atoms with Gasteiger partial charge in [-0.1, -0.05) is 6.07 Å². The summed E-state index contributed by atoms with van der Waals surface area (Å²) in [5, 5.41) is 14.4. The molecule has 1 aromatic heterocycles. The highest BCUT2D eigenvalue weighted by Crippen LogP contribution is 2.33. The van der Waals surface area contributed by atoms with Crippen molar-refractivity contribution in [3.8, 4) is 5.75 Å². The molecule has 1 saturated heterocycles. The zero-order chi connectivity index (χ0) is 18.7. The van der Waals surface area contributed by atoms with Gasteiger partial charge < -0.3 is 10.1 Å². The molecule has 1 fully saturated rings. The molecule has 0 saturated carbocycles. The van der Waals surface area contributed by atoms with Gasteiger partial charge in [0.2, 0.25) is 10.0 Å². The molecule has 27 heavy (non-hydrogen) atoms. The average Bonchev–Trinajstić information content (AvgIpc) is 2.68. The maximum absolute atomic E-state index is 13.2. The lowest BCUT2D eigenvalue weighted by Crippen LogP contribution is -2.48. The van der Waals surface area contributed by atoms with Crippen LogP contribution >= 0.6 is 12.4 Å². The molecule has 1 unspecified atom stereocenters. The van der Waals surface area contributed by atoms with Gasteiger partial charge in [-0.15, -0.1) is 12.4 Å². The first-order valence-electron chi connectivity index (χ1n) is 7.90. The zero-order valence-corrected chi connectivity index (χ0v) is 16.1. The summed E-state index contributed by atoms with van der Waals surface area (Å²) >= 11 is 0. The maximum Gasteiger partial charge on any atom is 0.312 e. The Labute approximate surface area is 163 Å². The van der Waals surface area contributed by atoms with Crippen LogP contribution in [-0.4, -0.2) is 49.4 Å². The number of sulfonamides is 1. The van der Waals surface area contributed by atoms with E-state index in [1.54, 1.807) is 18.5 Å². The second-order valence-corrected chi connectivity index (χ2v) is 7.60. The molecule has 9 nitrogen and oxygen atoms in total. The van der Waals surface area contributed by atoms with E-state index in [0.717, 1.165) is 11.6 Å². The number of rotatable bonds is 5. The van der Waals surface area contributed by atoms with E-state index in [1.165, 1.54) is 23.5 Å². The fraction of sp³-hybridized carbons (Fsp3) is 0.312. The third-order valence-corrected chi connectivity index (χ3v) is 6.12. The molecule has 0 bridgehead atoms. The van der Waals surface area contributed by atoms with E-state index in [-0.39, 0.29) is 35.3 Å². The van der Waals surface area contributed by atoms with Crippen molar-refractivity contribution >= 4 is 28.1 Å². The predicted molar refractivity (Wildman–Crippen MR) is 101 cm³/mol. The smallest absolute Gasteiger partial charge is 0.312 e. The van der Waals surface area contributed by atoms with Gasteiger partial charge in [-0.3, -0.25) is 15.1 Å². The average molecular weight is 415 g/mol. The lowest BCUT2D eigenvalue weighted by Gasteiger charge is -2.35. The molecule has 2 heterocycles. The van der Waals surface area contributed by atoms with E-state index in [0.29, 0.717) is 13.1 Å². The van der Waals surface area contributed by atoms with Crippen molar-refractivity contribution < 1.29 is 18.1 Å². The standard InChI is InChI=1S/C16H18N4O5S.ClH/c1-25-16-5-4-13(9-14(16)20(21)22)26(23,24)19-8-7-18-11-15(19)12-3-2-6-17-10-12;/h2-6,9-10,15,18H,7-8,11H2,1H3;1H. The van der Waals surface area contributed by atoms with Crippen LogP contribution in [0.25, 0.3) is 0 Å². The van der Waals surface area contributed by atoms with Crippen molar-refractivity contribution in [3.05, 3.63) is 58.4 Å². The van der Waals surface area contributed by atoms with E-state index in [9.17, 15) is 18.5 Å². The largest absolute Gasteiger partial charge is 0.490 e. The molecule has 146 valence electrons. The Morgan fingerprint density at radius 1 is 1.37 bits per heavy atom. The molecule has 0 amide bonds. The van der Waals surface area contributed by atoms with Gasteiger partial charge in [0.05, 0.1) is 23.0 Å². The highest BCUT2D eigenvalue weighted by molar-refractivity contribution is 7.89. The van der Waals surface area contributed by atoms with Gasteiger partial charge in [0, 0.05) is 38.1 Å². The van der Waals surface area contributed by atoms with Crippen molar-refractivity contribution in [3.63, 3.8) is 0 Å². The van der Waals surface area contributed by atoms with Crippen molar-refractivity contribution in [2.24, 2.45) is 0 Å². The number of nitro groups is 1. The molecule has 1 atom stereocenters. The maximum atomic E-state index is 13.2. The fourth-order valence-electron chi connectivity index (χ4n) is 2.94. The van der Waals surface area contributed by atoms with E-state index in [2.05, 4.69) is 10.3 Å². The summed E-state index contributed by atoms with van der Waals surface area (Å²) in [6.07, 6.45) is 3.24. The summed E-state index contributed by atoms with van der Waals surface area (Å²) < 4.78 is 32.6. The number of methoxy groups -OCH3 is 1. The minimum absolute atomic E-state index is 0. The highest BCUT2D eigenvalue weighted by Gasteiger charge is 2.35. The van der Waals surface area contributed by atoms with Crippen LogP contribution in [0.5, 0.6) is 5.75 Å². The second-order valence-electron chi connectivity index (χ2n) is 5.71. The predicted octanol–water partition coefficient (Wildman–Crippen LogP) is 1.76. The lowest BCUT2D eigenvalue weighted by molar-refractivity contribution is -0.386. The normalized spacial score (nSPS) is 17.7. The number of nitrogens with one attached hydrogen (secondary N) is 1. The molecule has 3 rings (SSSR count). The Kier molecular flexibility index (Phi) is 6.71. The van der Waals surface area contributed by atoms with Gasteiger partial charge >= 0.3 is 5.69 Å². The molecule has 0 spiro atoms. The quantitative estimate of drug-likeness (QED) is 0.585. The first-order valence-corrected chi connectivity index (χ1v) is 9.34. The molecule has 11 heteroatoms. The summed E-state index contributed by atoms with van der Waals surface area (Å²) in [7, 11) is -2.64. The molecule has 2 aromatic rings. The Hall–Kier alpha value is -2.27. The highest BCUT2D eigenvalue weighted by atomic mass is 35.5. The number of ether oxygens (including phenoxy) is 1. The van der Waals surface area contributed by atoms with Crippen molar-refractivity contribution in [2.75, 3.05) is 26.7 Å². The number of halogens is 1. The van der Waals surface area contributed by atoms with Gasteiger partial charge in [0.1, 0.15) is 0 Å². The summed E-state index contributed by atoms with van der Waals surface area (Å²) in [4.78, 5) is 14.5. The number of benzene rings is 1.